The van der Waals surface area contributed by atoms with Crippen LogP contribution >= 0.6 is 0 Å². The Balaban J connectivity index is 1.86. The van der Waals surface area contributed by atoms with E-state index in [-0.39, 0.29) is 0 Å². The van der Waals surface area contributed by atoms with E-state index in [2.05, 4.69) is 12.2 Å². The molecule has 0 bridgehead atoms. The van der Waals surface area contributed by atoms with Crippen LogP contribution < -0.4 is 5.32 Å². The summed E-state index contributed by atoms with van der Waals surface area (Å²) in [6, 6.07) is 0. The van der Waals surface area contributed by atoms with Crippen LogP contribution in [0.4, 0.5) is 0 Å². The standard InChI is InChI=1S/C9H19NO/c1-2-3-6-11-8-9-4-5-10-7-9/h9-10H,2-8H2,1H3/t9-/m1/s1. The molecule has 1 saturated heterocycles. The summed E-state index contributed by atoms with van der Waals surface area (Å²) in [6.45, 7) is 6.45. The molecule has 0 spiro atoms. The molecular formula is C9H19NO. The Morgan fingerprint density at radius 2 is 2.45 bits per heavy atom. The van der Waals surface area contributed by atoms with Crippen molar-refractivity contribution in [2.75, 3.05) is 26.3 Å². The summed E-state index contributed by atoms with van der Waals surface area (Å²) in [7, 11) is 0. The Kier molecular flexibility index (Phi) is 4.55. The van der Waals surface area contributed by atoms with Crippen molar-refractivity contribution in [3.8, 4) is 0 Å². The molecule has 0 aromatic heterocycles. The van der Waals surface area contributed by atoms with E-state index < -0.39 is 0 Å². The van der Waals surface area contributed by atoms with Gasteiger partial charge in [-0.15, -0.1) is 0 Å². The van der Waals surface area contributed by atoms with E-state index >= 15 is 0 Å². The first kappa shape index (κ1) is 9.01. The van der Waals surface area contributed by atoms with Gasteiger partial charge in [0.1, 0.15) is 0 Å². The van der Waals surface area contributed by atoms with Gasteiger partial charge in [-0.25, -0.2) is 0 Å². The number of rotatable bonds is 5. The maximum Gasteiger partial charge on any atom is 0.0506 e. The van der Waals surface area contributed by atoms with Crippen molar-refractivity contribution in [2.45, 2.75) is 26.2 Å². The fourth-order valence-electron chi connectivity index (χ4n) is 1.35. The van der Waals surface area contributed by atoms with Crippen LogP contribution in [-0.4, -0.2) is 26.3 Å². The number of unbranched alkanes of at least 4 members (excludes halogenated alkanes) is 1. The minimum Gasteiger partial charge on any atom is -0.381 e. The molecule has 0 unspecified atom stereocenters. The lowest BCUT2D eigenvalue weighted by Crippen LogP contribution is -2.14. The number of ether oxygens (including phenoxy) is 1. The SMILES string of the molecule is CCCCOC[C@@H]1CCNC1. The zero-order chi connectivity index (χ0) is 7.94. The molecule has 2 nitrogen and oxygen atoms in total. The van der Waals surface area contributed by atoms with E-state index in [4.69, 9.17) is 4.74 Å². The molecule has 11 heavy (non-hydrogen) atoms. The third-order valence-corrected chi connectivity index (χ3v) is 2.16. The van der Waals surface area contributed by atoms with Crippen LogP contribution in [0.3, 0.4) is 0 Å². The van der Waals surface area contributed by atoms with Gasteiger partial charge < -0.3 is 10.1 Å². The zero-order valence-electron chi connectivity index (χ0n) is 7.44. The fraction of sp³-hybridized carbons (Fsp3) is 1.00. The zero-order valence-corrected chi connectivity index (χ0v) is 7.44. The molecule has 2 heteroatoms. The molecule has 1 aliphatic heterocycles. The first-order chi connectivity index (χ1) is 5.43. The van der Waals surface area contributed by atoms with E-state index in [0.717, 1.165) is 25.7 Å². The molecule has 0 saturated carbocycles. The maximum absolute atomic E-state index is 5.52. The first-order valence-corrected chi connectivity index (χ1v) is 4.72. The Bertz CT molecular complexity index is 89.6. The largest absolute Gasteiger partial charge is 0.381 e. The number of hydrogen-bond donors (Lipinski definition) is 1. The highest BCUT2D eigenvalue weighted by Crippen LogP contribution is 2.07. The van der Waals surface area contributed by atoms with E-state index in [1.165, 1.54) is 25.8 Å². The molecule has 1 fully saturated rings. The molecule has 1 N–H and O–H groups in total. The molecule has 0 aromatic carbocycles. The van der Waals surface area contributed by atoms with Gasteiger partial charge in [0.15, 0.2) is 0 Å². The van der Waals surface area contributed by atoms with Crippen molar-refractivity contribution in [3.05, 3.63) is 0 Å². The minimum absolute atomic E-state index is 0.784. The second-order valence-corrected chi connectivity index (χ2v) is 3.29. The Morgan fingerprint density at radius 3 is 3.09 bits per heavy atom. The van der Waals surface area contributed by atoms with Gasteiger partial charge in [-0.2, -0.15) is 0 Å². The summed E-state index contributed by atoms with van der Waals surface area (Å²) in [4.78, 5) is 0. The van der Waals surface area contributed by atoms with Crippen molar-refractivity contribution in [1.82, 2.24) is 5.32 Å². The third-order valence-electron chi connectivity index (χ3n) is 2.16. The highest BCUT2D eigenvalue weighted by atomic mass is 16.5. The predicted octanol–water partition coefficient (Wildman–Crippen LogP) is 1.41. The molecule has 0 amide bonds. The van der Waals surface area contributed by atoms with Crippen molar-refractivity contribution in [2.24, 2.45) is 5.92 Å². The summed E-state index contributed by atoms with van der Waals surface area (Å²) >= 11 is 0. The third kappa shape index (κ3) is 3.73. The topological polar surface area (TPSA) is 21.3 Å². The Hall–Kier alpha value is -0.0800. The first-order valence-electron chi connectivity index (χ1n) is 4.72. The van der Waals surface area contributed by atoms with Crippen LogP contribution in [0.5, 0.6) is 0 Å². The second kappa shape index (κ2) is 5.56. The Morgan fingerprint density at radius 1 is 1.55 bits per heavy atom. The van der Waals surface area contributed by atoms with Crippen molar-refractivity contribution >= 4 is 0 Å². The molecule has 1 atom stereocenters. The summed E-state index contributed by atoms with van der Waals surface area (Å²) in [5, 5.41) is 3.33. The lowest BCUT2D eigenvalue weighted by molar-refractivity contribution is 0.103. The van der Waals surface area contributed by atoms with Crippen molar-refractivity contribution in [3.63, 3.8) is 0 Å². The fourth-order valence-corrected chi connectivity index (χ4v) is 1.35. The van der Waals surface area contributed by atoms with Crippen LogP contribution in [0.25, 0.3) is 0 Å². The number of hydrogen-bond acceptors (Lipinski definition) is 2. The molecule has 1 heterocycles. The molecule has 66 valence electrons. The molecular weight excluding hydrogens is 138 g/mol. The van der Waals surface area contributed by atoms with E-state index in [1.54, 1.807) is 0 Å². The van der Waals surface area contributed by atoms with E-state index in [1.807, 2.05) is 0 Å². The average molecular weight is 157 g/mol. The summed E-state index contributed by atoms with van der Waals surface area (Å²) in [5.74, 6) is 0.784. The summed E-state index contributed by atoms with van der Waals surface area (Å²) in [5.41, 5.74) is 0. The van der Waals surface area contributed by atoms with Gasteiger partial charge in [0, 0.05) is 13.2 Å². The summed E-state index contributed by atoms with van der Waals surface area (Å²) in [6.07, 6.45) is 3.75. The summed E-state index contributed by atoms with van der Waals surface area (Å²) < 4.78 is 5.52. The minimum atomic E-state index is 0.784. The van der Waals surface area contributed by atoms with Gasteiger partial charge >= 0.3 is 0 Å². The van der Waals surface area contributed by atoms with Gasteiger partial charge in [-0.3, -0.25) is 0 Å². The Labute approximate surface area is 69.3 Å². The van der Waals surface area contributed by atoms with Crippen molar-refractivity contribution in [1.29, 1.82) is 0 Å². The average Bonchev–Trinajstić information content (AvgIpc) is 2.50. The van der Waals surface area contributed by atoms with E-state index in [9.17, 15) is 0 Å². The van der Waals surface area contributed by atoms with Gasteiger partial charge in [0.05, 0.1) is 6.61 Å². The monoisotopic (exact) mass is 157 g/mol. The molecule has 0 aliphatic carbocycles. The van der Waals surface area contributed by atoms with Crippen LogP contribution in [0.1, 0.15) is 26.2 Å². The molecule has 0 aromatic rings. The maximum atomic E-state index is 5.52. The quantitative estimate of drug-likeness (QED) is 0.609. The van der Waals surface area contributed by atoms with Crippen molar-refractivity contribution < 1.29 is 4.74 Å². The second-order valence-electron chi connectivity index (χ2n) is 3.29. The number of nitrogens with one attached hydrogen (secondary N) is 1. The highest BCUT2D eigenvalue weighted by Gasteiger charge is 2.13. The van der Waals surface area contributed by atoms with Crippen LogP contribution in [0.15, 0.2) is 0 Å². The van der Waals surface area contributed by atoms with Crippen LogP contribution in [0, 0.1) is 5.92 Å². The highest BCUT2D eigenvalue weighted by molar-refractivity contribution is 4.69. The lowest BCUT2D eigenvalue weighted by Gasteiger charge is -2.07. The molecule has 1 rings (SSSR count). The smallest absolute Gasteiger partial charge is 0.0506 e. The lowest BCUT2D eigenvalue weighted by atomic mass is 10.1. The van der Waals surface area contributed by atoms with Gasteiger partial charge in [0.2, 0.25) is 0 Å². The normalized spacial score (nSPS) is 24.3. The van der Waals surface area contributed by atoms with Gasteiger partial charge in [-0.05, 0) is 25.3 Å². The predicted molar refractivity (Wildman–Crippen MR) is 46.7 cm³/mol. The van der Waals surface area contributed by atoms with E-state index in [0.29, 0.717) is 0 Å². The van der Waals surface area contributed by atoms with Gasteiger partial charge in [-0.1, -0.05) is 13.3 Å². The van der Waals surface area contributed by atoms with Crippen LogP contribution in [0.2, 0.25) is 0 Å². The molecule has 0 radical (unpaired) electrons. The van der Waals surface area contributed by atoms with Gasteiger partial charge in [0.25, 0.3) is 0 Å². The molecule has 1 aliphatic rings. The van der Waals surface area contributed by atoms with Crippen LogP contribution in [-0.2, 0) is 4.74 Å².